The second-order valence-corrected chi connectivity index (χ2v) is 8.68. The van der Waals surface area contributed by atoms with E-state index in [1.165, 1.54) is 16.7 Å². The molecule has 0 radical (unpaired) electrons. The van der Waals surface area contributed by atoms with E-state index in [0.717, 1.165) is 17.7 Å². The molecule has 1 unspecified atom stereocenters. The number of aliphatic hydroxyl groups excluding tert-OH is 1. The number of hydrogen-bond acceptors (Lipinski definition) is 5. The maximum absolute atomic E-state index is 12.0. The fourth-order valence-electron chi connectivity index (χ4n) is 3.87. The largest absolute Gasteiger partial charge is 0.487 e. The Bertz CT molecular complexity index is 733. The highest BCUT2D eigenvalue weighted by molar-refractivity contribution is 5.95. The zero-order chi connectivity index (χ0) is 21.1. The van der Waals surface area contributed by atoms with Crippen molar-refractivity contribution in [1.82, 2.24) is 0 Å². The molecule has 1 aromatic rings. The van der Waals surface area contributed by atoms with Crippen LogP contribution < -0.4 is 4.74 Å². The van der Waals surface area contributed by atoms with E-state index in [0.29, 0.717) is 18.8 Å². The zero-order valence-electron chi connectivity index (χ0n) is 18.1. The average molecular weight is 391 g/mol. The summed E-state index contributed by atoms with van der Waals surface area (Å²) >= 11 is 0. The normalized spacial score (nSPS) is 15.9. The van der Waals surface area contributed by atoms with Gasteiger partial charge >= 0.3 is 5.97 Å². The van der Waals surface area contributed by atoms with E-state index in [9.17, 15) is 14.7 Å². The van der Waals surface area contributed by atoms with E-state index in [1.54, 1.807) is 6.92 Å². The highest BCUT2D eigenvalue weighted by Gasteiger charge is 2.34. The number of hydrogen-bond donors (Lipinski definition) is 1. The monoisotopic (exact) mass is 390 g/mol. The first kappa shape index (κ1) is 22.4. The quantitative estimate of drug-likeness (QED) is 0.509. The van der Waals surface area contributed by atoms with Gasteiger partial charge in [0.05, 0.1) is 12.7 Å². The maximum atomic E-state index is 12.0. The molecule has 0 aromatic heterocycles. The van der Waals surface area contributed by atoms with Gasteiger partial charge in [0.25, 0.3) is 0 Å². The minimum atomic E-state index is -0.784. The Kier molecular flexibility index (Phi) is 7.27. The predicted molar refractivity (Wildman–Crippen MR) is 109 cm³/mol. The molecule has 0 spiro atoms. The van der Waals surface area contributed by atoms with Crippen LogP contribution >= 0.6 is 0 Å². The minimum Gasteiger partial charge on any atom is -0.487 e. The summed E-state index contributed by atoms with van der Waals surface area (Å²) in [6.45, 7) is 12.6. The lowest BCUT2D eigenvalue weighted by molar-refractivity contribution is -0.145. The number of benzene rings is 1. The van der Waals surface area contributed by atoms with E-state index in [2.05, 4.69) is 40.7 Å². The van der Waals surface area contributed by atoms with Crippen LogP contribution in [-0.2, 0) is 27.2 Å². The van der Waals surface area contributed by atoms with Gasteiger partial charge in [0.2, 0.25) is 0 Å². The van der Waals surface area contributed by atoms with Crippen LogP contribution in [0.2, 0.25) is 0 Å². The lowest BCUT2D eigenvalue weighted by Gasteiger charge is -2.21. The summed E-state index contributed by atoms with van der Waals surface area (Å²) in [6, 6.07) is 2.24. The SMILES string of the molecule is CCOC(=O)CC(=O)CC(O)CCc1c(C(C)C)cc(C)c2c1OC(C)(C)C2. The molecule has 2 rings (SSSR count). The number of ether oxygens (including phenoxy) is 2. The summed E-state index contributed by atoms with van der Waals surface area (Å²) in [4.78, 5) is 23.4. The van der Waals surface area contributed by atoms with Gasteiger partial charge in [-0.15, -0.1) is 0 Å². The third-order valence-electron chi connectivity index (χ3n) is 5.19. The number of carbonyl (C=O) groups excluding carboxylic acids is 2. The predicted octanol–water partition coefficient (Wildman–Crippen LogP) is 4.04. The number of fused-ring (bicyclic) bond motifs is 1. The number of aliphatic hydroxyl groups is 1. The molecule has 1 aromatic carbocycles. The van der Waals surface area contributed by atoms with Gasteiger partial charge in [0.15, 0.2) is 0 Å². The van der Waals surface area contributed by atoms with Crippen molar-refractivity contribution < 1.29 is 24.2 Å². The molecule has 1 N–H and O–H groups in total. The molecule has 5 heteroatoms. The van der Waals surface area contributed by atoms with Crippen molar-refractivity contribution in [3.8, 4) is 5.75 Å². The number of ketones is 1. The van der Waals surface area contributed by atoms with E-state index < -0.39 is 12.1 Å². The fraction of sp³-hybridized carbons (Fsp3) is 0.652. The van der Waals surface area contributed by atoms with Crippen LogP contribution in [0.4, 0.5) is 0 Å². The molecule has 156 valence electrons. The van der Waals surface area contributed by atoms with Crippen LogP contribution in [0.5, 0.6) is 5.75 Å². The van der Waals surface area contributed by atoms with E-state index in [1.807, 2.05) is 0 Å². The van der Waals surface area contributed by atoms with E-state index in [4.69, 9.17) is 9.47 Å². The molecule has 28 heavy (non-hydrogen) atoms. The molecule has 1 aliphatic rings. The number of rotatable bonds is 9. The molecule has 0 saturated carbocycles. The molecule has 1 aliphatic heterocycles. The summed E-state index contributed by atoms with van der Waals surface area (Å²) in [7, 11) is 0. The van der Waals surface area contributed by atoms with E-state index in [-0.39, 0.29) is 30.8 Å². The molecular formula is C23H34O5. The summed E-state index contributed by atoms with van der Waals surface area (Å²) in [6.07, 6.45) is 0.872. The first-order valence-corrected chi connectivity index (χ1v) is 10.2. The Labute approximate surface area is 168 Å². The van der Waals surface area contributed by atoms with Crippen molar-refractivity contribution in [2.24, 2.45) is 0 Å². The third-order valence-corrected chi connectivity index (χ3v) is 5.19. The maximum Gasteiger partial charge on any atom is 0.313 e. The van der Waals surface area contributed by atoms with Crippen molar-refractivity contribution in [3.05, 3.63) is 28.3 Å². The Balaban J connectivity index is 2.10. The first-order valence-electron chi connectivity index (χ1n) is 10.2. The van der Waals surface area contributed by atoms with Gasteiger partial charge in [-0.1, -0.05) is 19.9 Å². The minimum absolute atomic E-state index is 0.0315. The number of carbonyl (C=O) groups is 2. The first-order chi connectivity index (χ1) is 13.0. The van der Waals surface area contributed by atoms with Crippen LogP contribution in [-0.4, -0.2) is 35.2 Å². The van der Waals surface area contributed by atoms with Crippen LogP contribution in [0.15, 0.2) is 6.07 Å². The topological polar surface area (TPSA) is 72.8 Å². The van der Waals surface area contributed by atoms with Gasteiger partial charge in [-0.3, -0.25) is 9.59 Å². The number of Topliss-reactive ketones (excluding diaryl/α,β-unsaturated/α-hetero) is 1. The van der Waals surface area contributed by atoms with Crippen molar-refractivity contribution >= 4 is 11.8 Å². The second-order valence-electron chi connectivity index (χ2n) is 8.68. The van der Waals surface area contributed by atoms with Crippen LogP contribution in [0, 0.1) is 6.92 Å². The van der Waals surface area contributed by atoms with Crippen molar-refractivity contribution in [2.45, 2.75) is 91.3 Å². The molecule has 0 fully saturated rings. The molecule has 0 aliphatic carbocycles. The van der Waals surface area contributed by atoms with Gasteiger partial charge in [-0.05, 0) is 63.1 Å². The summed E-state index contributed by atoms with van der Waals surface area (Å²) in [5, 5.41) is 10.3. The van der Waals surface area contributed by atoms with Gasteiger partial charge in [-0.2, -0.15) is 0 Å². The summed E-state index contributed by atoms with van der Waals surface area (Å²) < 4.78 is 11.1. The smallest absolute Gasteiger partial charge is 0.313 e. The highest BCUT2D eigenvalue weighted by Crippen LogP contribution is 2.43. The summed E-state index contributed by atoms with van der Waals surface area (Å²) in [5.41, 5.74) is 4.64. The molecule has 1 atom stereocenters. The third kappa shape index (κ3) is 5.57. The van der Waals surface area contributed by atoms with Gasteiger partial charge in [-0.25, -0.2) is 0 Å². The number of esters is 1. The van der Waals surface area contributed by atoms with Gasteiger partial charge in [0, 0.05) is 18.4 Å². The Hall–Kier alpha value is -1.88. The standard InChI is InChI=1S/C23H34O5/c1-7-27-21(26)12-17(25)11-16(24)8-9-18-19(14(2)3)10-15(4)20-13-23(5,6)28-22(18)20/h10,14,16,24H,7-9,11-13H2,1-6H3. The lowest BCUT2D eigenvalue weighted by Crippen LogP contribution is -2.25. The Morgan fingerprint density at radius 1 is 1.32 bits per heavy atom. The Morgan fingerprint density at radius 2 is 2.00 bits per heavy atom. The molecular weight excluding hydrogens is 356 g/mol. The van der Waals surface area contributed by atoms with Crippen molar-refractivity contribution in [1.29, 1.82) is 0 Å². The van der Waals surface area contributed by atoms with Crippen LogP contribution in [0.1, 0.15) is 82.1 Å². The zero-order valence-corrected chi connectivity index (χ0v) is 18.1. The Morgan fingerprint density at radius 3 is 2.61 bits per heavy atom. The lowest BCUT2D eigenvalue weighted by atomic mass is 9.87. The number of aryl methyl sites for hydroxylation is 1. The molecule has 0 amide bonds. The summed E-state index contributed by atoms with van der Waals surface area (Å²) in [5.74, 6) is 0.475. The molecule has 1 heterocycles. The van der Waals surface area contributed by atoms with Crippen LogP contribution in [0.3, 0.4) is 0 Å². The highest BCUT2D eigenvalue weighted by atomic mass is 16.5. The van der Waals surface area contributed by atoms with E-state index >= 15 is 0 Å². The fourth-order valence-corrected chi connectivity index (χ4v) is 3.87. The van der Waals surface area contributed by atoms with Gasteiger partial charge < -0.3 is 14.6 Å². The molecule has 5 nitrogen and oxygen atoms in total. The van der Waals surface area contributed by atoms with Crippen molar-refractivity contribution in [2.75, 3.05) is 6.61 Å². The van der Waals surface area contributed by atoms with Gasteiger partial charge in [0.1, 0.15) is 23.6 Å². The van der Waals surface area contributed by atoms with Crippen molar-refractivity contribution in [3.63, 3.8) is 0 Å². The molecule has 0 saturated heterocycles. The molecule has 0 bridgehead atoms. The van der Waals surface area contributed by atoms with Crippen LogP contribution in [0.25, 0.3) is 0 Å². The second kappa shape index (κ2) is 9.08. The average Bonchev–Trinajstić information content (AvgIpc) is 2.89.